The Bertz CT molecular complexity index is 525. The molecule has 2 aromatic heterocycles. The molecule has 0 aliphatic heterocycles. The number of nitrogens with one attached hydrogen (secondary N) is 1. The summed E-state index contributed by atoms with van der Waals surface area (Å²) in [7, 11) is 0. The van der Waals surface area contributed by atoms with E-state index in [0.717, 1.165) is 30.6 Å². The molecule has 5 nitrogen and oxygen atoms in total. The lowest BCUT2D eigenvalue weighted by atomic mass is 10.2. The van der Waals surface area contributed by atoms with E-state index in [9.17, 15) is 0 Å². The van der Waals surface area contributed by atoms with E-state index in [1.54, 1.807) is 0 Å². The number of hydrogen-bond acceptors (Lipinski definition) is 5. The quantitative estimate of drug-likeness (QED) is 0.726. The number of nitrogens with zero attached hydrogens (tertiary/aromatic N) is 2. The van der Waals surface area contributed by atoms with Crippen molar-refractivity contribution in [3.63, 3.8) is 0 Å². The summed E-state index contributed by atoms with van der Waals surface area (Å²) in [6.07, 6.45) is 3.03. The lowest BCUT2D eigenvalue weighted by molar-refractivity contribution is 0.386. The van der Waals surface area contributed by atoms with E-state index in [0.29, 0.717) is 11.6 Å². The van der Waals surface area contributed by atoms with E-state index in [1.165, 1.54) is 0 Å². The second-order valence-corrected chi connectivity index (χ2v) is 3.58. The first-order valence-electron chi connectivity index (χ1n) is 4.38. The van der Waals surface area contributed by atoms with Gasteiger partial charge in [-0.25, -0.2) is 5.10 Å². The zero-order valence-corrected chi connectivity index (χ0v) is 8.06. The van der Waals surface area contributed by atoms with Crippen LogP contribution in [0.25, 0.3) is 11.6 Å². The van der Waals surface area contributed by atoms with Gasteiger partial charge in [0.15, 0.2) is 5.69 Å². The molecule has 0 saturated carbocycles. The van der Waals surface area contributed by atoms with Gasteiger partial charge in [0.2, 0.25) is 0 Å². The Kier molecular flexibility index (Phi) is 1.57. The van der Waals surface area contributed by atoms with E-state index >= 15 is 0 Å². The van der Waals surface area contributed by atoms with Gasteiger partial charge in [-0.15, -0.1) is 5.10 Å². The van der Waals surface area contributed by atoms with E-state index in [-0.39, 0.29) is 4.84 Å². The van der Waals surface area contributed by atoms with Crippen LogP contribution in [-0.4, -0.2) is 15.4 Å². The third-order valence-electron chi connectivity index (χ3n) is 2.34. The highest BCUT2D eigenvalue weighted by molar-refractivity contribution is 7.71. The molecule has 0 atom stereocenters. The molecule has 2 aromatic rings. The fraction of sp³-hybridized carbons (Fsp3) is 0.375. The van der Waals surface area contributed by atoms with Gasteiger partial charge in [0, 0.05) is 12.0 Å². The van der Waals surface area contributed by atoms with Gasteiger partial charge in [0.1, 0.15) is 5.76 Å². The van der Waals surface area contributed by atoms with Gasteiger partial charge in [-0.1, -0.05) is 5.16 Å². The molecule has 0 unspecified atom stereocenters. The smallest absolute Gasteiger partial charge is 0.284 e. The molecule has 0 bridgehead atoms. The van der Waals surface area contributed by atoms with E-state index in [1.807, 2.05) is 0 Å². The maximum Gasteiger partial charge on any atom is 0.284 e. The van der Waals surface area contributed by atoms with Gasteiger partial charge in [0.25, 0.3) is 10.7 Å². The van der Waals surface area contributed by atoms with Crippen LogP contribution in [-0.2, 0) is 12.8 Å². The number of aromatic amines is 1. The molecule has 0 spiro atoms. The van der Waals surface area contributed by atoms with Crippen LogP contribution in [0.4, 0.5) is 0 Å². The summed E-state index contributed by atoms with van der Waals surface area (Å²) in [5.74, 6) is 1.37. The first-order chi connectivity index (χ1) is 6.84. The summed E-state index contributed by atoms with van der Waals surface area (Å²) >= 11 is 4.79. The minimum absolute atomic E-state index is 0.259. The lowest BCUT2D eigenvalue weighted by Gasteiger charge is -1.88. The topological polar surface area (TPSA) is 67.8 Å². The monoisotopic (exact) mass is 209 g/mol. The summed E-state index contributed by atoms with van der Waals surface area (Å²) in [5, 5.41) is 10.4. The molecular weight excluding hydrogens is 202 g/mol. The largest absolute Gasteiger partial charge is 0.408 e. The molecule has 0 radical (unpaired) electrons. The molecule has 1 aliphatic carbocycles. The first-order valence-corrected chi connectivity index (χ1v) is 4.79. The first kappa shape index (κ1) is 7.93. The molecule has 0 amide bonds. The molecule has 1 N–H and O–H groups in total. The number of H-pyrrole nitrogens is 1. The minimum atomic E-state index is 0.259. The highest BCUT2D eigenvalue weighted by Crippen LogP contribution is 2.30. The standard InChI is InChI=1S/C8H7N3O2S/c14-8-10-9-7(12-8)6-4-2-1-3-5(4)13-11-6/h1-3H2,(H,10,14). The molecule has 0 fully saturated rings. The molecule has 0 aromatic carbocycles. The summed E-state index contributed by atoms with van der Waals surface area (Å²) in [5.41, 5.74) is 1.79. The Morgan fingerprint density at radius 1 is 1.36 bits per heavy atom. The number of hydrogen-bond donors (Lipinski definition) is 1. The lowest BCUT2D eigenvalue weighted by Crippen LogP contribution is -1.83. The van der Waals surface area contributed by atoms with Crippen molar-refractivity contribution >= 4 is 12.2 Å². The Labute approximate surface area is 84.1 Å². The Hall–Kier alpha value is -1.43. The van der Waals surface area contributed by atoms with Crippen LogP contribution in [0, 0.1) is 4.84 Å². The normalized spacial score (nSPS) is 14.6. The average Bonchev–Trinajstić information content (AvgIpc) is 2.77. The van der Waals surface area contributed by atoms with Crippen molar-refractivity contribution in [1.29, 1.82) is 0 Å². The van der Waals surface area contributed by atoms with Crippen LogP contribution in [0.5, 0.6) is 0 Å². The molecule has 0 saturated heterocycles. The molecule has 1 aliphatic rings. The maximum absolute atomic E-state index is 5.18. The van der Waals surface area contributed by atoms with E-state index < -0.39 is 0 Å². The molecule has 6 heteroatoms. The predicted octanol–water partition coefficient (Wildman–Crippen LogP) is 1.88. The van der Waals surface area contributed by atoms with Crippen molar-refractivity contribution in [3.05, 3.63) is 16.2 Å². The van der Waals surface area contributed by atoms with Crippen LogP contribution in [0.3, 0.4) is 0 Å². The van der Waals surface area contributed by atoms with Gasteiger partial charge >= 0.3 is 0 Å². The van der Waals surface area contributed by atoms with Crippen molar-refractivity contribution in [1.82, 2.24) is 15.4 Å². The van der Waals surface area contributed by atoms with Crippen molar-refractivity contribution in [3.8, 4) is 11.6 Å². The number of aromatic nitrogens is 3. The molecule has 3 rings (SSSR count). The van der Waals surface area contributed by atoms with Crippen LogP contribution >= 0.6 is 12.2 Å². The number of rotatable bonds is 1. The van der Waals surface area contributed by atoms with Crippen molar-refractivity contribution in [2.75, 3.05) is 0 Å². The van der Waals surface area contributed by atoms with Crippen LogP contribution in [0.1, 0.15) is 17.7 Å². The van der Waals surface area contributed by atoms with Crippen molar-refractivity contribution < 1.29 is 8.94 Å². The number of fused-ring (bicyclic) bond motifs is 1. The van der Waals surface area contributed by atoms with Crippen LogP contribution < -0.4 is 0 Å². The van der Waals surface area contributed by atoms with Crippen LogP contribution in [0.2, 0.25) is 0 Å². The highest BCUT2D eigenvalue weighted by atomic mass is 32.1. The zero-order valence-electron chi connectivity index (χ0n) is 7.24. The summed E-state index contributed by atoms with van der Waals surface area (Å²) in [6, 6.07) is 0. The van der Waals surface area contributed by atoms with Crippen molar-refractivity contribution in [2.45, 2.75) is 19.3 Å². The van der Waals surface area contributed by atoms with Gasteiger partial charge in [-0.2, -0.15) is 0 Å². The van der Waals surface area contributed by atoms with Gasteiger partial charge < -0.3 is 8.94 Å². The predicted molar refractivity (Wildman–Crippen MR) is 49.2 cm³/mol. The molecule has 14 heavy (non-hydrogen) atoms. The highest BCUT2D eigenvalue weighted by Gasteiger charge is 2.24. The molecule has 2 heterocycles. The third kappa shape index (κ3) is 1.04. The fourth-order valence-corrected chi connectivity index (χ4v) is 1.85. The van der Waals surface area contributed by atoms with Gasteiger partial charge in [-0.05, 0) is 25.1 Å². The van der Waals surface area contributed by atoms with Gasteiger partial charge in [0.05, 0.1) is 0 Å². The molecular formula is C8H7N3O2S. The second kappa shape index (κ2) is 2.78. The van der Waals surface area contributed by atoms with Crippen molar-refractivity contribution in [2.24, 2.45) is 0 Å². The maximum atomic E-state index is 5.18. The summed E-state index contributed by atoms with van der Waals surface area (Å²) < 4.78 is 10.4. The second-order valence-electron chi connectivity index (χ2n) is 3.20. The number of aryl methyl sites for hydroxylation is 1. The fourth-order valence-electron chi connectivity index (χ4n) is 1.72. The summed E-state index contributed by atoms with van der Waals surface area (Å²) in [6.45, 7) is 0. The SMILES string of the molecule is S=c1[nH]nc(-c2noc3c2CCC3)o1. The Morgan fingerprint density at radius 3 is 3.07 bits per heavy atom. The van der Waals surface area contributed by atoms with E-state index in [4.69, 9.17) is 21.2 Å². The van der Waals surface area contributed by atoms with Crippen LogP contribution in [0.15, 0.2) is 8.94 Å². The third-order valence-corrected chi connectivity index (χ3v) is 2.52. The Morgan fingerprint density at radius 2 is 2.29 bits per heavy atom. The Balaban J connectivity index is 2.17. The minimum Gasteiger partial charge on any atom is -0.408 e. The van der Waals surface area contributed by atoms with Gasteiger partial charge in [-0.3, -0.25) is 0 Å². The van der Waals surface area contributed by atoms with E-state index in [2.05, 4.69) is 15.4 Å². The molecule has 72 valence electrons. The summed E-state index contributed by atoms with van der Waals surface area (Å²) in [4.78, 5) is 0.259. The average molecular weight is 209 g/mol. The zero-order chi connectivity index (χ0) is 9.54.